The van der Waals surface area contributed by atoms with Crippen LogP contribution in [-0.4, -0.2) is 42.4 Å². The van der Waals surface area contributed by atoms with Crippen molar-refractivity contribution < 1.29 is 4.79 Å². The first-order chi connectivity index (χ1) is 13.3. The van der Waals surface area contributed by atoms with E-state index in [2.05, 4.69) is 32.7 Å². The minimum atomic E-state index is 0.0848. The van der Waals surface area contributed by atoms with Crippen molar-refractivity contribution in [1.82, 2.24) is 10.6 Å². The Morgan fingerprint density at radius 2 is 1.74 bits per heavy atom. The molecular formula is C21H20N4OS. The van der Waals surface area contributed by atoms with E-state index in [4.69, 9.17) is 0 Å². The number of benzene rings is 2. The quantitative estimate of drug-likeness (QED) is 0.802. The number of anilines is 1. The topological polar surface area (TPSA) is 56.7 Å². The molecule has 2 heterocycles. The zero-order chi connectivity index (χ0) is 18.4. The molecular weight excluding hydrogens is 356 g/mol. The van der Waals surface area contributed by atoms with Crippen LogP contribution in [-0.2, 0) is 0 Å². The summed E-state index contributed by atoms with van der Waals surface area (Å²) in [5, 5.41) is 8.15. The molecule has 2 aromatic rings. The van der Waals surface area contributed by atoms with Crippen LogP contribution in [0, 0.1) is 0 Å². The fourth-order valence-electron chi connectivity index (χ4n) is 4.04. The predicted molar refractivity (Wildman–Crippen MR) is 111 cm³/mol. The van der Waals surface area contributed by atoms with Gasteiger partial charge in [0, 0.05) is 23.4 Å². The molecule has 0 radical (unpaired) electrons. The molecule has 0 saturated heterocycles. The van der Waals surface area contributed by atoms with Crippen molar-refractivity contribution in [2.45, 2.75) is 12.1 Å². The van der Waals surface area contributed by atoms with Crippen LogP contribution in [0.25, 0.3) is 5.70 Å². The first kappa shape index (κ1) is 16.4. The molecule has 0 spiro atoms. The van der Waals surface area contributed by atoms with Crippen molar-refractivity contribution in [1.29, 1.82) is 0 Å². The van der Waals surface area contributed by atoms with E-state index < -0.39 is 0 Å². The third kappa shape index (κ3) is 2.63. The van der Waals surface area contributed by atoms with E-state index in [1.807, 2.05) is 48.7 Å². The van der Waals surface area contributed by atoms with E-state index in [-0.39, 0.29) is 17.9 Å². The molecule has 0 saturated carbocycles. The lowest BCUT2D eigenvalue weighted by molar-refractivity contribution is 0.103. The molecule has 2 aliphatic heterocycles. The summed E-state index contributed by atoms with van der Waals surface area (Å²) in [6, 6.07) is 18.3. The average Bonchev–Trinajstić information content (AvgIpc) is 2.89. The van der Waals surface area contributed by atoms with Gasteiger partial charge in [0.05, 0.1) is 24.3 Å². The summed E-state index contributed by atoms with van der Waals surface area (Å²) in [4.78, 5) is 20.1. The van der Waals surface area contributed by atoms with Crippen molar-refractivity contribution in [3.05, 3.63) is 71.4 Å². The van der Waals surface area contributed by atoms with Gasteiger partial charge in [-0.25, -0.2) is 0 Å². The first-order valence-electron chi connectivity index (χ1n) is 9.08. The maximum atomic E-state index is 13.3. The fraction of sp³-hybridized carbons (Fsp3) is 0.238. The van der Waals surface area contributed by atoms with E-state index in [9.17, 15) is 4.79 Å². The molecule has 6 heteroatoms. The van der Waals surface area contributed by atoms with Crippen LogP contribution < -0.4 is 15.5 Å². The Morgan fingerprint density at radius 1 is 1.00 bits per heavy atom. The molecule has 5 nitrogen and oxygen atoms in total. The third-order valence-corrected chi connectivity index (χ3v) is 5.99. The summed E-state index contributed by atoms with van der Waals surface area (Å²) in [7, 11) is 0. The van der Waals surface area contributed by atoms with Gasteiger partial charge in [-0.05, 0) is 18.4 Å². The van der Waals surface area contributed by atoms with E-state index in [1.165, 1.54) is 0 Å². The van der Waals surface area contributed by atoms with Crippen molar-refractivity contribution >= 4 is 34.1 Å². The molecule has 5 rings (SSSR count). The number of hydrogen-bond acceptors (Lipinski definition) is 6. The smallest absolute Gasteiger partial charge is 0.212 e. The highest BCUT2D eigenvalue weighted by molar-refractivity contribution is 8.13. The van der Waals surface area contributed by atoms with Crippen LogP contribution in [0.1, 0.15) is 15.9 Å². The molecule has 2 N–H and O–H groups in total. The van der Waals surface area contributed by atoms with E-state index >= 15 is 0 Å². The molecule has 1 aliphatic carbocycles. The summed E-state index contributed by atoms with van der Waals surface area (Å²) in [5.74, 6) is 0.0848. The Bertz CT molecular complexity index is 969. The zero-order valence-corrected chi connectivity index (χ0v) is 15.8. The van der Waals surface area contributed by atoms with Gasteiger partial charge in [-0.3, -0.25) is 9.79 Å². The summed E-state index contributed by atoms with van der Waals surface area (Å²) in [5.41, 5.74) is 4.45. The molecule has 136 valence electrons. The summed E-state index contributed by atoms with van der Waals surface area (Å²) in [6.45, 7) is 1.41. The first-order valence-corrected chi connectivity index (χ1v) is 10.3. The number of carbonyl (C=O) groups excluding carboxylic acids is 1. The van der Waals surface area contributed by atoms with Gasteiger partial charge in [0.25, 0.3) is 0 Å². The second kappa shape index (κ2) is 6.46. The number of nitrogens with one attached hydrogen (secondary N) is 2. The molecule has 2 atom stereocenters. The average molecular weight is 376 g/mol. The standard InChI is InChI=1S/C21H20N4OS/c1-27-21-22-11-16-17(24-21)12-25(13-7-3-2-4-8-13)19-18(23-16)14-9-5-6-10-15(14)20(19)26/h2-10,16-17,23H,11-12H2,1H3,(H,22,24). The number of para-hydroxylation sites is 1. The Labute approximate surface area is 162 Å². The van der Waals surface area contributed by atoms with Crippen LogP contribution in [0.2, 0.25) is 0 Å². The number of amidine groups is 1. The van der Waals surface area contributed by atoms with Gasteiger partial charge in [0.15, 0.2) is 5.17 Å². The van der Waals surface area contributed by atoms with Gasteiger partial charge in [0.1, 0.15) is 5.70 Å². The lowest BCUT2D eigenvalue weighted by Gasteiger charge is -2.34. The van der Waals surface area contributed by atoms with E-state index in [1.54, 1.807) is 11.8 Å². The highest BCUT2D eigenvalue weighted by Gasteiger charge is 2.41. The third-order valence-electron chi connectivity index (χ3n) is 5.36. The minimum absolute atomic E-state index is 0.0848. The number of Topliss-reactive ketones (excluding diaryl/α,β-unsaturated/α-hetero) is 1. The normalized spacial score (nSPS) is 23.5. The molecule has 27 heavy (non-hydrogen) atoms. The Kier molecular flexibility index (Phi) is 3.93. The number of carbonyl (C=O) groups is 1. The number of fused-ring (bicyclic) bond motifs is 3. The Hall–Kier alpha value is -2.73. The number of hydrogen-bond donors (Lipinski definition) is 2. The molecule has 2 aromatic carbocycles. The molecule has 0 amide bonds. The second-order valence-electron chi connectivity index (χ2n) is 6.90. The van der Waals surface area contributed by atoms with Gasteiger partial charge in [-0.1, -0.05) is 54.2 Å². The molecule has 0 fully saturated rings. The monoisotopic (exact) mass is 376 g/mol. The highest BCUT2D eigenvalue weighted by Crippen LogP contribution is 2.37. The number of nitrogens with zero attached hydrogens (tertiary/aromatic N) is 2. The summed E-state index contributed by atoms with van der Waals surface area (Å²) < 4.78 is 0. The molecule has 2 unspecified atom stereocenters. The summed E-state index contributed by atoms with van der Waals surface area (Å²) >= 11 is 1.63. The van der Waals surface area contributed by atoms with Crippen LogP contribution in [0.4, 0.5) is 5.69 Å². The van der Waals surface area contributed by atoms with Crippen molar-refractivity contribution in [3.8, 4) is 0 Å². The van der Waals surface area contributed by atoms with Crippen molar-refractivity contribution in [2.75, 3.05) is 24.2 Å². The van der Waals surface area contributed by atoms with Crippen LogP contribution in [0.3, 0.4) is 0 Å². The maximum Gasteiger partial charge on any atom is 0.212 e. The molecule has 3 aliphatic rings. The van der Waals surface area contributed by atoms with Crippen LogP contribution in [0.5, 0.6) is 0 Å². The van der Waals surface area contributed by atoms with Crippen molar-refractivity contribution in [3.63, 3.8) is 0 Å². The lowest BCUT2D eigenvalue weighted by Crippen LogP contribution is -2.56. The second-order valence-corrected chi connectivity index (χ2v) is 7.69. The van der Waals surface area contributed by atoms with E-state index in [0.717, 1.165) is 33.4 Å². The number of aliphatic imine (C=N–C) groups is 1. The number of ketones is 1. The van der Waals surface area contributed by atoms with Gasteiger partial charge in [-0.15, -0.1) is 0 Å². The SMILES string of the molecule is CSC1=NCC2NC3=C(C(=O)c4ccccc43)N(c3ccccc3)CC2N1. The zero-order valence-electron chi connectivity index (χ0n) is 15.0. The number of allylic oxidation sites excluding steroid dienone is 1. The predicted octanol–water partition coefficient (Wildman–Crippen LogP) is 2.72. The Morgan fingerprint density at radius 3 is 2.52 bits per heavy atom. The lowest BCUT2D eigenvalue weighted by atomic mass is 10.0. The molecule has 0 aromatic heterocycles. The van der Waals surface area contributed by atoms with Gasteiger partial charge in [-0.2, -0.15) is 0 Å². The highest BCUT2D eigenvalue weighted by atomic mass is 32.2. The van der Waals surface area contributed by atoms with Crippen molar-refractivity contribution in [2.24, 2.45) is 4.99 Å². The van der Waals surface area contributed by atoms with Gasteiger partial charge in [0.2, 0.25) is 5.78 Å². The van der Waals surface area contributed by atoms with Gasteiger partial charge >= 0.3 is 0 Å². The molecule has 0 bridgehead atoms. The van der Waals surface area contributed by atoms with Gasteiger partial charge < -0.3 is 15.5 Å². The maximum absolute atomic E-state index is 13.3. The Balaban J connectivity index is 1.64. The van der Waals surface area contributed by atoms with Crippen LogP contribution >= 0.6 is 11.8 Å². The number of rotatable bonds is 1. The fourth-order valence-corrected chi connectivity index (χ4v) is 4.52. The minimum Gasteiger partial charge on any atom is -0.376 e. The van der Waals surface area contributed by atoms with Crippen LogP contribution in [0.15, 0.2) is 65.3 Å². The van der Waals surface area contributed by atoms with E-state index in [0.29, 0.717) is 13.1 Å². The largest absolute Gasteiger partial charge is 0.376 e. The number of thioether (sulfide) groups is 1. The summed E-state index contributed by atoms with van der Waals surface area (Å²) in [6.07, 6.45) is 2.03.